The summed E-state index contributed by atoms with van der Waals surface area (Å²) >= 11 is 1.80. The topological polar surface area (TPSA) is 39.9 Å². The molecule has 4 rings (SSSR count). The van der Waals surface area contributed by atoms with E-state index in [1.165, 1.54) is 0 Å². The molecule has 0 fully saturated rings. The molecule has 4 nitrogen and oxygen atoms in total. The van der Waals surface area contributed by atoms with E-state index in [2.05, 4.69) is 64.9 Å². The molecule has 0 saturated carbocycles. The molecule has 0 aliphatic rings. The first-order valence-electron chi connectivity index (χ1n) is 9.44. The number of aromatic nitrogens is 3. The number of para-hydroxylation sites is 2. The van der Waals surface area contributed by atoms with Crippen LogP contribution in [0.25, 0.3) is 27.8 Å². The van der Waals surface area contributed by atoms with Crippen molar-refractivity contribution < 1.29 is 4.74 Å². The highest BCUT2D eigenvalue weighted by Gasteiger charge is 2.20. The number of thioether (sulfide) groups is 1. The molecule has 0 unspecified atom stereocenters. The Bertz CT molecular complexity index is 1090. The second-order valence-corrected chi connectivity index (χ2v) is 8.09. The molecule has 4 aromatic rings. The molecule has 2 heterocycles. The third kappa shape index (κ3) is 3.38. The van der Waals surface area contributed by atoms with Gasteiger partial charge in [-0.1, -0.05) is 56.3 Å². The Kier molecular flexibility index (Phi) is 5.35. The normalized spacial score (nSPS) is 12.2. The summed E-state index contributed by atoms with van der Waals surface area (Å²) in [5.74, 6) is 0.814. The molecular weight excluding hydrogens is 366 g/mol. The van der Waals surface area contributed by atoms with Crippen molar-refractivity contribution in [2.24, 2.45) is 0 Å². The van der Waals surface area contributed by atoms with E-state index in [-0.39, 0.29) is 0 Å². The number of fused-ring (bicyclic) bond motifs is 1. The van der Waals surface area contributed by atoms with Crippen molar-refractivity contribution in [1.82, 2.24) is 14.5 Å². The van der Waals surface area contributed by atoms with Gasteiger partial charge < -0.3 is 4.74 Å². The van der Waals surface area contributed by atoms with Crippen molar-refractivity contribution in [2.75, 3.05) is 7.11 Å². The molecular formula is C23H23N3OS. The molecule has 0 bridgehead atoms. The minimum absolute atomic E-state index is 0.483. The zero-order chi connectivity index (χ0) is 19.5. The van der Waals surface area contributed by atoms with Crippen LogP contribution in [0.15, 0.2) is 72.1 Å². The number of ether oxygens (including phenoxy) is 1. The highest BCUT2D eigenvalue weighted by atomic mass is 32.2. The quantitative estimate of drug-likeness (QED) is 0.300. The number of methoxy groups -OCH3 is 1. The van der Waals surface area contributed by atoms with Crippen LogP contribution >= 0.6 is 11.8 Å². The summed E-state index contributed by atoms with van der Waals surface area (Å²) in [5.41, 5.74) is 4.15. The first kappa shape index (κ1) is 18.6. The Labute approximate surface area is 169 Å². The summed E-state index contributed by atoms with van der Waals surface area (Å²) in [7, 11) is 1.70. The van der Waals surface area contributed by atoms with E-state index in [1.54, 1.807) is 25.2 Å². The van der Waals surface area contributed by atoms with Gasteiger partial charge >= 0.3 is 0 Å². The third-order valence-electron chi connectivity index (χ3n) is 4.87. The summed E-state index contributed by atoms with van der Waals surface area (Å²) in [6, 6.07) is 18.4. The van der Waals surface area contributed by atoms with Gasteiger partial charge in [0.15, 0.2) is 0 Å². The minimum Gasteiger partial charge on any atom is -0.495 e. The number of hydrogen-bond donors (Lipinski definition) is 0. The van der Waals surface area contributed by atoms with Gasteiger partial charge in [-0.25, -0.2) is 9.97 Å². The van der Waals surface area contributed by atoms with Gasteiger partial charge in [0.2, 0.25) is 0 Å². The lowest BCUT2D eigenvalue weighted by Gasteiger charge is -2.11. The van der Waals surface area contributed by atoms with E-state index >= 15 is 0 Å². The van der Waals surface area contributed by atoms with Crippen LogP contribution in [0.4, 0.5) is 0 Å². The second-order valence-electron chi connectivity index (χ2n) is 6.66. The lowest BCUT2D eigenvalue weighted by Crippen LogP contribution is -1.99. The Hall–Kier alpha value is -2.79. The van der Waals surface area contributed by atoms with Crippen LogP contribution in [-0.4, -0.2) is 26.9 Å². The van der Waals surface area contributed by atoms with Crippen molar-refractivity contribution in [3.05, 3.63) is 67.1 Å². The lowest BCUT2D eigenvalue weighted by atomic mass is 10.1. The maximum atomic E-state index is 5.61. The van der Waals surface area contributed by atoms with Crippen LogP contribution in [0.1, 0.15) is 20.3 Å². The van der Waals surface area contributed by atoms with Gasteiger partial charge in [-0.2, -0.15) is 0 Å². The fraction of sp³-hybridized carbons (Fsp3) is 0.217. The van der Waals surface area contributed by atoms with Crippen molar-refractivity contribution in [2.45, 2.75) is 30.5 Å². The number of hydrogen-bond acceptors (Lipinski definition) is 4. The van der Waals surface area contributed by atoms with Crippen LogP contribution in [-0.2, 0) is 0 Å². The van der Waals surface area contributed by atoms with Crippen LogP contribution in [0.3, 0.4) is 0 Å². The number of rotatable bonds is 6. The predicted octanol–water partition coefficient (Wildman–Crippen LogP) is 5.99. The smallest absolute Gasteiger partial charge is 0.149 e. The summed E-state index contributed by atoms with van der Waals surface area (Å²) < 4.78 is 7.72. The van der Waals surface area contributed by atoms with Crippen molar-refractivity contribution in [3.63, 3.8) is 0 Å². The molecule has 5 heteroatoms. The van der Waals surface area contributed by atoms with E-state index < -0.39 is 0 Å². The molecule has 0 amide bonds. The molecule has 0 spiro atoms. The molecule has 0 radical (unpaired) electrons. The van der Waals surface area contributed by atoms with Gasteiger partial charge in [0.1, 0.15) is 22.7 Å². The maximum Gasteiger partial charge on any atom is 0.149 e. The van der Waals surface area contributed by atoms with Gasteiger partial charge in [-0.3, -0.25) is 4.57 Å². The minimum atomic E-state index is 0.483. The van der Waals surface area contributed by atoms with Gasteiger partial charge in [0, 0.05) is 17.0 Å². The highest BCUT2D eigenvalue weighted by Crippen LogP contribution is 2.39. The van der Waals surface area contributed by atoms with Crippen molar-refractivity contribution in [3.8, 4) is 22.6 Å². The monoisotopic (exact) mass is 389 g/mol. The van der Waals surface area contributed by atoms with E-state index in [1.807, 2.05) is 24.3 Å². The zero-order valence-electron chi connectivity index (χ0n) is 16.3. The first-order chi connectivity index (χ1) is 13.7. The molecule has 0 aliphatic carbocycles. The number of nitrogens with zero attached hydrogens (tertiary/aromatic N) is 3. The van der Waals surface area contributed by atoms with Crippen molar-refractivity contribution >= 4 is 22.8 Å². The van der Waals surface area contributed by atoms with Crippen molar-refractivity contribution in [1.29, 1.82) is 0 Å². The van der Waals surface area contributed by atoms with E-state index in [0.29, 0.717) is 5.25 Å². The van der Waals surface area contributed by atoms with Gasteiger partial charge in [-0.05, 0) is 24.1 Å². The van der Waals surface area contributed by atoms with Gasteiger partial charge in [-0.15, -0.1) is 11.8 Å². The molecule has 2 aromatic carbocycles. The molecule has 0 saturated heterocycles. The Morgan fingerprint density at radius 1 is 1.04 bits per heavy atom. The maximum absolute atomic E-state index is 5.61. The summed E-state index contributed by atoms with van der Waals surface area (Å²) in [6.45, 7) is 4.44. The third-order valence-corrected chi connectivity index (χ3v) is 6.13. The van der Waals surface area contributed by atoms with Crippen LogP contribution in [0.5, 0.6) is 5.75 Å². The summed E-state index contributed by atoms with van der Waals surface area (Å²) in [4.78, 5) is 9.29. The summed E-state index contributed by atoms with van der Waals surface area (Å²) in [6.07, 6.45) is 4.89. The fourth-order valence-electron chi connectivity index (χ4n) is 3.25. The van der Waals surface area contributed by atoms with E-state index in [0.717, 1.165) is 45.0 Å². The summed E-state index contributed by atoms with van der Waals surface area (Å²) in [5, 5.41) is 2.59. The van der Waals surface area contributed by atoms with Crippen LogP contribution < -0.4 is 4.74 Å². The van der Waals surface area contributed by atoms with Gasteiger partial charge in [0.25, 0.3) is 0 Å². The number of benzene rings is 2. The molecule has 0 aliphatic heterocycles. The predicted molar refractivity (Wildman–Crippen MR) is 116 cm³/mol. The standard InChI is InChI=1S/C23H23N3OS/c1-4-16(2)28-23-21-18(17-10-6-5-7-11-17)14-26(22(21)24-15-25-23)19-12-8-9-13-20(19)27-3/h5-16H,4H2,1-3H3/t16-/m0/s1. The fourth-order valence-corrected chi connectivity index (χ4v) is 4.22. The Morgan fingerprint density at radius 2 is 1.79 bits per heavy atom. The van der Waals surface area contributed by atoms with Crippen LogP contribution in [0.2, 0.25) is 0 Å². The molecule has 142 valence electrons. The lowest BCUT2D eigenvalue weighted by molar-refractivity contribution is 0.413. The van der Waals surface area contributed by atoms with E-state index in [4.69, 9.17) is 4.74 Å². The van der Waals surface area contributed by atoms with Crippen LogP contribution in [0, 0.1) is 0 Å². The zero-order valence-corrected chi connectivity index (χ0v) is 17.1. The molecule has 28 heavy (non-hydrogen) atoms. The first-order valence-corrected chi connectivity index (χ1v) is 10.3. The largest absolute Gasteiger partial charge is 0.495 e. The highest BCUT2D eigenvalue weighted by molar-refractivity contribution is 8.00. The van der Waals surface area contributed by atoms with Gasteiger partial charge in [0.05, 0.1) is 18.2 Å². The molecule has 1 atom stereocenters. The average molecular weight is 390 g/mol. The van der Waals surface area contributed by atoms with E-state index in [9.17, 15) is 0 Å². The Balaban J connectivity index is 2.01. The SMILES string of the molecule is CC[C@H](C)Sc1ncnc2c1c(-c1ccccc1)cn2-c1ccccc1OC. The molecule has 0 N–H and O–H groups in total. The Morgan fingerprint density at radius 3 is 2.54 bits per heavy atom. The molecule has 2 aromatic heterocycles. The average Bonchev–Trinajstić information content (AvgIpc) is 3.15. The second kappa shape index (κ2) is 8.07.